The first kappa shape index (κ1) is 13.6. The Bertz CT molecular complexity index is 240. The molecule has 6 nitrogen and oxygen atoms in total. The molecule has 0 aliphatic rings. The lowest BCUT2D eigenvalue weighted by atomic mass is 10.2. The number of aliphatic hydroxyl groups excluding tert-OH is 2. The average molecular weight is 216 g/mol. The molecule has 0 radical (unpaired) electrons. The Hall–Kier alpha value is -1.40. The van der Waals surface area contributed by atoms with Crippen molar-refractivity contribution in [3.8, 4) is 0 Å². The normalized spacial score (nSPS) is 9.47. The van der Waals surface area contributed by atoms with Gasteiger partial charge in [-0.2, -0.15) is 0 Å². The van der Waals surface area contributed by atoms with E-state index in [0.29, 0.717) is 0 Å². The Morgan fingerprint density at radius 1 is 1.13 bits per heavy atom. The Morgan fingerprint density at radius 3 is 2.33 bits per heavy atom. The summed E-state index contributed by atoms with van der Waals surface area (Å²) >= 11 is 0. The Labute approximate surface area is 88.0 Å². The quantitative estimate of drug-likeness (QED) is 0.375. The highest BCUT2D eigenvalue weighted by molar-refractivity contribution is 5.93. The zero-order valence-electron chi connectivity index (χ0n) is 8.45. The fraction of sp³-hybridized carbons (Fsp3) is 0.556. The van der Waals surface area contributed by atoms with Gasteiger partial charge in [-0.3, -0.25) is 9.59 Å². The second kappa shape index (κ2) is 7.95. The Balaban J connectivity index is 3.73. The summed E-state index contributed by atoms with van der Waals surface area (Å²) in [6.45, 7) is 3.29. The van der Waals surface area contributed by atoms with Gasteiger partial charge in [-0.25, -0.2) is 0 Å². The van der Waals surface area contributed by atoms with Gasteiger partial charge in [0, 0.05) is 25.1 Å². The molecule has 86 valence electrons. The van der Waals surface area contributed by atoms with Crippen LogP contribution in [-0.4, -0.2) is 48.3 Å². The number of aliphatic hydroxyl groups is 2. The van der Waals surface area contributed by atoms with Crippen LogP contribution in [0, 0.1) is 0 Å². The van der Waals surface area contributed by atoms with Crippen LogP contribution in [0.5, 0.6) is 0 Å². The highest BCUT2D eigenvalue weighted by Gasteiger charge is 2.07. The summed E-state index contributed by atoms with van der Waals surface area (Å²) < 4.78 is 0. The van der Waals surface area contributed by atoms with Gasteiger partial charge < -0.3 is 20.8 Å². The first-order valence-electron chi connectivity index (χ1n) is 4.56. The van der Waals surface area contributed by atoms with Crippen molar-refractivity contribution in [1.29, 1.82) is 0 Å². The molecule has 0 fully saturated rings. The molecule has 0 aromatic carbocycles. The molecule has 0 rings (SSSR count). The highest BCUT2D eigenvalue weighted by Crippen LogP contribution is 1.88. The number of rotatable bonds is 7. The summed E-state index contributed by atoms with van der Waals surface area (Å²) in [5.74, 6) is -0.748. The van der Waals surface area contributed by atoms with Gasteiger partial charge in [-0.1, -0.05) is 6.58 Å². The molecule has 0 saturated carbocycles. The number of carbonyl (C=O) groups excluding carboxylic acids is 2. The van der Waals surface area contributed by atoms with E-state index in [0.717, 1.165) is 0 Å². The molecule has 0 atom stereocenters. The minimum absolute atomic E-state index is 0.00550. The summed E-state index contributed by atoms with van der Waals surface area (Å²) in [7, 11) is 0. The fourth-order valence-electron chi connectivity index (χ4n) is 0.770. The van der Waals surface area contributed by atoms with E-state index < -0.39 is 5.91 Å². The maximum absolute atomic E-state index is 11.1. The zero-order chi connectivity index (χ0) is 11.7. The third-order valence-corrected chi connectivity index (χ3v) is 1.56. The second-order valence-electron chi connectivity index (χ2n) is 2.83. The van der Waals surface area contributed by atoms with E-state index in [-0.39, 0.29) is 44.2 Å². The SMILES string of the molecule is C=C(CNC(=O)CCO)C(=O)NCCO. The molecule has 0 bridgehead atoms. The van der Waals surface area contributed by atoms with Gasteiger partial charge in [0.25, 0.3) is 0 Å². The number of nitrogens with one attached hydrogen (secondary N) is 2. The van der Waals surface area contributed by atoms with E-state index >= 15 is 0 Å². The molecule has 0 aliphatic carbocycles. The van der Waals surface area contributed by atoms with Crippen LogP contribution >= 0.6 is 0 Å². The second-order valence-corrected chi connectivity index (χ2v) is 2.83. The van der Waals surface area contributed by atoms with Crippen molar-refractivity contribution in [2.75, 3.05) is 26.3 Å². The minimum atomic E-state index is -0.409. The van der Waals surface area contributed by atoms with Crippen molar-refractivity contribution in [2.45, 2.75) is 6.42 Å². The van der Waals surface area contributed by atoms with E-state index in [9.17, 15) is 9.59 Å². The van der Waals surface area contributed by atoms with Crippen molar-refractivity contribution in [1.82, 2.24) is 10.6 Å². The van der Waals surface area contributed by atoms with E-state index in [1.807, 2.05) is 0 Å². The lowest BCUT2D eigenvalue weighted by Crippen LogP contribution is -2.34. The van der Waals surface area contributed by atoms with Crippen LogP contribution < -0.4 is 10.6 Å². The number of hydrogen-bond donors (Lipinski definition) is 4. The van der Waals surface area contributed by atoms with Gasteiger partial charge in [0.15, 0.2) is 0 Å². The van der Waals surface area contributed by atoms with Gasteiger partial charge in [0.05, 0.1) is 13.2 Å². The molecule has 15 heavy (non-hydrogen) atoms. The lowest BCUT2D eigenvalue weighted by molar-refractivity contribution is -0.121. The molecule has 0 aromatic heterocycles. The average Bonchev–Trinajstić information content (AvgIpc) is 2.22. The topological polar surface area (TPSA) is 98.7 Å². The van der Waals surface area contributed by atoms with Gasteiger partial charge >= 0.3 is 0 Å². The number of hydrogen-bond acceptors (Lipinski definition) is 4. The van der Waals surface area contributed by atoms with E-state index in [1.54, 1.807) is 0 Å². The summed E-state index contributed by atoms with van der Waals surface area (Å²) in [5.41, 5.74) is 0.203. The molecule has 0 spiro atoms. The van der Waals surface area contributed by atoms with Crippen molar-refractivity contribution in [3.63, 3.8) is 0 Å². The predicted octanol–water partition coefficient (Wildman–Crippen LogP) is -1.85. The fourth-order valence-corrected chi connectivity index (χ4v) is 0.770. The number of amides is 2. The first-order chi connectivity index (χ1) is 7.11. The molecule has 6 heteroatoms. The first-order valence-corrected chi connectivity index (χ1v) is 4.56. The van der Waals surface area contributed by atoms with Crippen LogP contribution in [0.2, 0.25) is 0 Å². The molecule has 4 N–H and O–H groups in total. The number of carbonyl (C=O) groups is 2. The molecule has 0 heterocycles. The van der Waals surface area contributed by atoms with Crippen molar-refractivity contribution in [2.24, 2.45) is 0 Å². The molecule has 0 unspecified atom stereocenters. The van der Waals surface area contributed by atoms with Gasteiger partial charge in [-0.15, -0.1) is 0 Å². The van der Waals surface area contributed by atoms with Crippen LogP contribution in [-0.2, 0) is 9.59 Å². The third kappa shape index (κ3) is 6.64. The van der Waals surface area contributed by atoms with Crippen molar-refractivity contribution in [3.05, 3.63) is 12.2 Å². The summed E-state index contributed by atoms with van der Waals surface area (Å²) in [6, 6.07) is 0. The lowest BCUT2D eigenvalue weighted by Gasteiger charge is -2.07. The highest BCUT2D eigenvalue weighted by atomic mass is 16.3. The van der Waals surface area contributed by atoms with Gasteiger partial charge in [0.2, 0.25) is 11.8 Å². The van der Waals surface area contributed by atoms with E-state index in [1.165, 1.54) is 0 Å². The van der Waals surface area contributed by atoms with Crippen LogP contribution in [0.25, 0.3) is 0 Å². The van der Waals surface area contributed by atoms with E-state index in [4.69, 9.17) is 10.2 Å². The molecule has 0 aliphatic heterocycles. The van der Waals surface area contributed by atoms with E-state index in [2.05, 4.69) is 17.2 Å². The van der Waals surface area contributed by atoms with Gasteiger partial charge in [0.1, 0.15) is 0 Å². The Kier molecular flexibility index (Phi) is 7.21. The molecular formula is C9H16N2O4. The van der Waals surface area contributed by atoms with Crippen molar-refractivity contribution < 1.29 is 19.8 Å². The minimum Gasteiger partial charge on any atom is -0.396 e. The molecule has 0 aromatic rings. The van der Waals surface area contributed by atoms with Crippen molar-refractivity contribution >= 4 is 11.8 Å². The molecule has 2 amide bonds. The summed E-state index contributed by atoms with van der Waals surface area (Å²) in [5, 5.41) is 21.7. The molecule has 0 saturated heterocycles. The van der Waals surface area contributed by atoms with Crippen LogP contribution in [0.15, 0.2) is 12.2 Å². The largest absolute Gasteiger partial charge is 0.396 e. The third-order valence-electron chi connectivity index (χ3n) is 1.56. The molecular weight excluding hydrogens is 200 g/mol. The summed E-state index contributed by atoms with van der Waals surface area (Å²) in [6.07, 6.45) is 0.00550. The predicted molar refractivity (Wildman–Crippen MR) is 53.9 cm³/mol. The standard InChI is InChI=1S/C9H16N2O4/c1-7(9(15)10-3-5-13)6-11-8(14)2-4-12/h12-13H,1-6H2,(H,10,15)(H,11,14). The summed E-state index contributed by atoms with van der Waals surface area (Å²) in [4.78, 5) is 22.1. The zero-order valence-corrected chi connectivity index (χ0v) is 8.45. The maximum Gasteiger partial charge on any atom is 0.248 e. The smallest absolute Gasteiger partial charge is 0.248 e. The maximum atomic E-state index is 11.1. The van der Waals surface area contributed by atoms with Crippen LogP contribution in [0.1, 0.15) is 6.42 Å². The van der Waals surface area contributed by atoms with Gasteiger partial charge in [-0.05, 0) is 0 Å². The van der Waals surface area contributed by atoms with Crippen LogP contribution in [0.4, 0.5) is 0 Å². The Morgan fingerprint density at radius 2 is 1.80 bits per heavy atom. The monoisotopic (exact) mass is 216 g/mol. The van der Waals surface area contributed by atoms with Crippen LogP contribution in [0.3, 0.4) is 0 Å².